The molecule has 0 aliphatic heterocycles. The molecule has 1 N–H and O–H groups in total. The molecule has 0 spiro atoms. The van der Waals surface area contributed by atoms with E-state index in [4.69, 9.17) is 10.4 Å². The quantitative estimate of drug-likeness (QED) is 0.738. The first kappa shape index (κ1) is 13.4. The number of nitrogens with zero attached hydrogens (tertiary/aromatic N) is 2. The molecule has 1 saturated carbocycles. The molecule has 1 aliphatic rings. The average Bonchev–Trinajstić information content (AvgIpc) is 2.19. The van der Waals surface area contributed by atoms with Crippen molar-refractivity contribution in [1.29, 1.82) is 5.26 Å². The largest absolute Gasteiger partial charge is 0.396 e. The Balaban J connectivity index is 2.79. The van der Waals surface area contributed by atoms with Crippen LogP contribution in [0.4, 0.5) is 0 Å². The van der Waals surface area contributed by atoms with Crippen molar-refractivity contribution in [3.8, 4) is 6.07 Å². The van der Waals surface area contributed by atoms with Crippen molar-refractivity contribution >= 4 is 10.0 Å². The van der Waals surface area contributed by atoms with Crippen LogP contribution < -0.4 is 0 Å². The van der Waals surface area contributed by atoms with Gasteiger partial charge in [0, 0.05) is 19.2 Å². The molecule has 92 valence electrons. The summed E-state index contributed by atoms with van der Waals surface area (Å²) in [6, 6.07) is 1.81. The van der Waals surface area contributed by atoms with Crippen LogP contribution in [0.2, 0.25) is 0 Å². The predicted octanol–water partition coefficient (Wildman–Crippen LogP) is 0.465. The Morgan fingerprint density at radius 1 is 1.56 bits per heavy atom. The molecule has 6 heteroatoms. The second kappa shape index (κ2) is 5.62. The summed E-state index contributed by atoms with van der Waals surface area (Å²) < 4.78 is 25.5. The van der Waals surface area contributed by atoms with Gasteiger partial charge in [0.25, 0.3) is 0 Å². The Bertz CT molecular complexity index is 357. The minimum atomic E-state index is -3.52. The molecule has 0 aromatic heterocycles. The summed E-state index contributed by atoms with van der Waals surface area (Å²) >= 11 is 0. The van der Waals surface area contributed by atoms with Gasteiger partial charge >= 0.3 is 0 Å². The Labute approximate surface area is 96.7 Å². The molecule has 0 bridgehead atoms. The van der Waals surface area contributed by atoms with Crippen molar-refractivity contribution < 1.29 is 13.5 Å². The zero-order valence-corrected chi connectivity index (χ0v) is 10.3. The van der Waals surface area contributed by atoms with Gasteiger partial charge in [0.15, 0.2) is 5.25 Å². The van der Waals surface area contributed by atoms with E-state index in [1.165, 1.54) is 11.2 Å². The van der Waals surface area contributed by atoms with Crippen molar-refractivity contribution in [2.45, 2.75) is 43.9 Å². The third-order valence-corrected chi connectivity index (χ3v) is 5.11. The topological polar surface area (TPSA) is 81.4 Å². The van der Waals surface area contributed by atoms with E-state index in [1.54, 1.807) is 6.07 Å². The predicted molar refractivity (Wildman–Crippen MR) is 60.0 cm³/mol. The van der Waals surface area contributed by atoms with Crippen molar-refractivity contribution in [1.82, 2.24) is 4.31 Å². The molecular weight excluding hydrogens is 228 g/mol. The molecule has 1 unspecified atom stereocenters. The van der Waals surface area contributed by atoms with Crippen LogP contribution in [0.1, 0.15) is 32.6 Å². The third-order valence-electron chi connectivity index (χ3n) is 2.97. The van der Waals surface area contributed by atoms with Crippen molar-refractivity contribution in [2.75, 3.05) is 13.2 Å². The molecule has 0 amide bonds. The zero-order chi connectivity index (χ0) is 12.2. The molecule has 1 aliphatic carbocycles. The SMILES string of the molecule is CC(C#N)S(=O)(=O)N(CCCO)C1CCC1. The lowest BCUT2D eigenvalue weighted by molar-refractivity contribution is 0.198. The van der Waals surface area contributed by atoms with Gasteiger partial charge in [-0.05, 0) is 26.2 Å². The van der Waals surface area contributed by atoms with Crippen LogP contribution in [0.25, 0.3) is 0 Å². The number of aliphatic hydroxyl groups is 1. The number of sulfonamides is 1. The number of aliphatic hydroxyl groups excluding tert-OH is 1. The van der Waals surface area contributed by atoms with Gasteiger partial charge in [0.1, 0.15) is 0 Å². The average molecular weight is 246 g/mol. The summed E-state index contributed by atoms with van der Waals surface area (Å²) in [4.78, 5) is 0. The van der Waals surface area contributed by atoms with Gasteiger partial charge in [0.05, 0.1) is 6.07 Å². The molecule has 1 fully saturated rings. The maximum atomic E-state index is 12.0. The monoisotopic (exact) mass is 246 g/mol. The van der Waals surface area contributed by atoms with Gasteiger partial charge in [0.2, 0.25) is 10.0 Å². The number of hydrogen-bond donors (Lipinski definition) is 1. The first-order valence-electron chi connectivity index (χ1n) is 5.55. The van der Waals surface area contributed by atoms with E-state index in [0.29, 0.717) is 13.0 Å². The van der Waals surface area contributed by atoms with E-state index in [1.807, 2.05) is 0 Å². The van der Waals surface area contributed by atoms with E-state index in [0.717, 1.165) is 19.3 Å². The van der Waals surface area contributed by atoms with Crippen LogP contribution in [-0.2, 0) is 10.0 Å². The lowest BCUT2D eigenvalue weighted by Crippen LogP contribution is -2.47. The summed E-state index contributed by atoms with van der Waals surface area (Å²) in [7, 11) is -3.52. The molecule has 1 rings (SSSR count). The molecule has 0 aromatic rings. The van der Waals surface area contributed by atoms with Gasteiger partial charge in [-0.3, -0.25) is 0 Å². The number of rotatable bonds is 6. The normalized spacial score (nSPS) is 19.1. The third kappa shape index (κ3) is 2.73. The summed E-state index contributed by atoms with van der Waals surface area (Å²) in [5.41, 5.74) is 0. The highest BCUT2D eigenvalue weighted by molar-refractivity contribution is 7.90. The molecule has 0 saturated heterocycles. The van der Waals surface area contributed by atoms with Gasteiger partial charge < -0.3 is 5.11 Å². The highest BCUT2D eigenvalue weighted by Gasteiger charge is 2.36. The van der Waals surface area contributed by atoms with E-state index >= 15 is 0 Å². The van der Waals surface area contributed by atoms with Crippen molar-refractivity contribution in [2.24, 2.45) is 0 Å². The van der Waals surface area contributed by atoms with Crippen molar-refractivity contribution in [3.63, 3.8) is 0 Å². The summed E-state index contributed by atoms with van der Waals surface area (Å²) in [5.74, 6) is 0. The van der Waals surface area contributed by atoms with Crippen molar-refractivity contribution in [3.05, 3.63) is 0 Å². The van der Waals surface area contributed by atoms with Gasteiger partial charge in [-0.15, -0.1) is 0 Å². The van der Waals surface area contributed by atoms with Crippen LogP contribution in [0, 0.1) is 11.3 Å². The maximum Gasteiger partial charge on any atom is 0.230 e. The zero-order valence-electron chi connectivity index (χ0n) is 9.46. The molecule has 0 aromatic carbocycles. The Kier molecular flexibility index (Phi) is 4.71. The van der Waals surface area contributed by atoms with Crippen LogP contribution in [-0.4, -0.2) is 42.3 Å². The van der Waals surface area contributed by atoms with Crippen LogP contribution in [0.15, 0.2) is 0 Å². The van der Waals surface area contributed by atoms with Gasteiger partial charge in [-0.2, -0.15) is 9.57 Å². The second-order valence-electron chi connectivity index (χ2n) is 4.09. The van der Waals surface area contributed by atoms with E-state index in [-0.39, 0.29) is 12.6 Å². The van der Waals surface area contributed by atoms with Gasteiger partial charge in [-0.1, -0.05) is 6.42 Å². The molecule has 16 heavy (non-hydrogen) atoms. The van der Waals surface area contributed by atoms with E-state index in [2.05, 4.69) is 0 Å². The van der Waals surface area contributed by atoms with E-state index in [9.17, 15) is 8.42 Å². The Morgan fingerprint density at radius 3 is 2.56 bits per heavy atom. The van der Waals surface area contributed by atoms with Crippen LogP contribution >= 0.6 is 0 Å². The lowest BCUT2D eigenvalue weighted by atomic mass is 9.93. The number of nitriles is 1. The molecule has 0 heterocycles. The van der Waals surface area contributed by atoms with Gasteiger partial charge in [-0.25, -0.2) is 8.42 Å². The fourth-order valence-corrected chi connectivity index (χ4v) is 3.24. The standard InChI is InChI=1S/C10H18N2O3S/c1-9(8-11)16(14,15)12(6-3-7-13)10-4-2-5-10/h9-10,13H,2-7H2,1H3. The van der Waals surface area contributed by atoms with E-state index < -0.39 is 15.3 Å². The first-order valence-corrected chi connectivity index (χ1v) is 7.05. The molecular formula is C10H18N2O3S. The minimum Gasteiger partial charge on any atom is -0.396 e. The summed E-state index contributed by atoms with van der Waals surface area (Å²) in [5, 5.41) is 16.5. The first-order chi connectivity index (χ1) is 7.54. The summed E-state index contributed by atoms with van der Waals surface area (Å²) in [6.45, 7) is 1.69. The second-order valence-corrected chi connectivity index (χ2v) is 6.29. The number of hydrogen-bond acceptors (Lipinski definition) is 4. The minimum absolute atomic E-state index is 0.0281. The molecule has 1 atom stereocenters. The Hall–Kier alpha value is -0.640. The fourth-order valence-electron chi connectivity index (χ4n) is 1.69. The molecule has 0 radical (unpaired) electrons. The van der Waals surface area contributed by atoms with Crippen LogP contribution in [0.3, 0.4) is 0 Å². The highest BCUT2D eigenvalue weighted by atomic mass is 32.2. The fraction of sp³-hybridized carbons (Fsp3) is 0.900. The molecule has 5 nitrogen and oxygen atoms in total. The Morgan fingerprint density at radius 2 is 2.19 bits per heavy atom. The highest BCUT2D eigenvalue weighted by Crippen LogP contribution is 2.28. The lowest BCUT2D eigenvalue weighted by Gasteiger charge is -2.37. The maximum absolute atomic E-state index is 12.0. The smallest absolute Gasteiger partial charge is 0.230 e. The summed E-state index contributed by atoms with van der Waals surface area (Å²) in [6.07, 6.45) is 3.19. The van der Waals surface area contributed by atoms with Crippen LogP contribution in [0.5, 0.6) is 0 Å².